The minimum atomic E-state index is -0.389. The fourth-order valence-corrected chi connectivity index (χ4v) is 3.48. The van der Waals surface area contributed by atoms with E-state index >= 15 is 0 Å². The first-order valence-corrected chi connectivity index (χ1v) is 10.2. The van der Waals surface area contributed by atoms with Crippen molar-refractivity contribution in [2.24, 2.45) is 0 Å². The largest absolute Gasteiger partial charge is 0.492 e. The molecule has 2 aromatic rings. The lowest BCUT2D eigenvalue weighted by molar-refractivity contribution is -0.122. The molecule has 3 rings (SSSR count). The summed E-state index contributed by atoms with van der Waals surface area (Å²) in [5.74, 6) is 0.365. The second-order valence-corrected chi connectivity index (χ2v) is 7.46. The van der Waals surface area contributed by atoms with E-state index in [1.807, 2.05) is 31.2 Å². The third kappa shape index (κ3) is 6.08. The van der Waals surface area contributed by atoms with Crippen LogP contribution >= 0.6 is 11.8 Å². The molecule has 0 aliphatic carbocycles. The van der Waals surface area contributed by atoms with Gasteiger partial charge >= 0.3 is 6.03 Å². The predicted octanol–water partition coefficient (Wildman–Crippen LogP) is 2.80. The number of thioether (sulfide) groups is 1. The molecular formula is C21H22N4O4S. The summed E-state index contributed by atoms with van der Waals surface area (Å²) in [6.45, 7) is 2.91. The van der Waals surface area contributed by atoms with Crippen LogP contribution in [0.5, 0.6) is 5.75 Å². The molecule has 4 amide bonds. The Balaban J connectivity index is 1.36. The number of urea groups is 1. The molecule has 9 heteroatoms. The Morgan fingerprint density at radius 1 is 1.17 bits per heavy atom. The van der Waals surface area contributed by atoms with E-state index in [4.69, 9.17) is 4.74 Å². The van der Waals surface area contributed by atoms with E-state index in [2.05, 4.69) is 15.6 Å². The summed E-state index contributed by atoms with van der Waals surface area (Å²) < 4.78 is 5.53. The summed E-state index contributed by atoms with van der Waals surface area (Å²) in [6.07, 6.45) is 4.88. The number of aromatic nitrogens is 1. The number of amides is 4. The number of hydrogen-bond donors (Lipinski definition) is 2. The molecule has 0 spiro atoms. The number of imide groups is 1. The van der Waals surface area contributed by atoms with Gasteiger partial charge in [-0.05, 0) is 48.5 Å². The Bertz CT molecular complexity index is 932. The lowest BCUT2D eigenvalue weighted by atomic mass is 10.2. The maximum atomic E-state index is 12.4. The van der Waals surface area contributed by atoms with Crippen LogP contribution in [0.2, 0.25) is 0 Å². The van der Waals surface area contributed by atoms with Crippen molar-refractivity contribution in [3.8, 4) is 5.75 Å². The summed E-state index contributed by atoms with van der Waals surface area (Å²) >= 11 is 0.877. The first-order valence-electron chi connectivity index (χ1n) is 9.39. The van der Waals surface area contributed by atoms with Crippen molar-refractivity contribution in [2.75, 3.05) is 26.2 Å². The molecule has 1 aliphatic rings. The van der Waals surface area contributed by atoms with Gasteiger partial charge in [0, 0.05) is 25.5 Å². The van der Waals surface area contributed by atoms with Crippen LogP contribution in [0.25, 0.3) is 6.08 Å². The average Bonchev–Trinajstić information content (AvgIpc) is 3.00. The Labute approximate surface area is 178 Å². The lowest BCUT2D eigenvalue weighted by Crippen LogP contribution is -2.42. The number of aryl methyl sites for hydroxylation is 1. The van der Waals surface area contributed by atoms with Gasteiger partial charge in [0.05, 0.1) is 11.4 Å². The number of benzene rings is 1. The molecule has 0 saturated carbocycles. The topological polar surface area (TPSA) is 101 Å². The fourth-order valence-electron chi connectivity index (χ4n) is 2.62. The molecule has 0 radical (unpaired) electrons. The Morgan fingerprint density at radius 2 is 1.93 bits per heavy atom. The molecular weight excluding hydrogens is 404 g/mol. The smallest absolute Gasteiger partial charge is 0.314 e. The molecule has 2 heterocycles. The van der Waals surface area contributed by atoms with Gasteiger partial charge in [-0.1, -0.05) is 23.8 Å². The van der Waals surface area contributed by atoms with Crippen LogP contribution in [0, 0.1) is 6.92 Å². The maximum absolute atomic E-state index is 12.4. The SMILES string of the molecule is Cc1ccc(OCCNC(=O)NCCN2C(=O)S/C(=C\c3cccnc3)C2=O)cc1. The predicted molar refractivity (Wildman–Crippen MR) is 115 cm³/mol. The van der Waals surface area contributed by atoms with Gasteiger partial charge in [-0.15, -0.1) is 0 Å². The first-order chi connectivity index (χ1) is 14.5. The quantitative estimate of drug-likeness (QED) is 0.497. The van der Waals surface area contributed by atoms with E-state index in [9.17, 15) is 14.4 Å². The van der Waals surface area contributed by atoms with E-state index in [1.54, 1.807) is 30.6 Å². The standard InChI is InChI=1S/C21H22N4O4S/c1-15-4-6-17(7-5-15)29-12-10-24-20(27)23-9-11-25-19(26)18(30-21(25)28)13-16-3-2-8-22-14-16/h2-8,13-14H,9-12H2,1H3,(H2,23,24,27)/b18-13-. The minimum Gasteiger partial charge on any atom is -0.492 e. The van der Waals surface area contributed by atoms with Crippen molar-refractivity contribution < 1.29 is 19.1 Å². The van der Waals surface area contributed by atoms with Gasteiger partial charge in [-0.2, -0.15) is 0 Å². The number of pyridine rings is 1. The first kappa shape index (κ1) is 21.4. The number of ether oxygens (including phenoxy) is 1. The van der Waals surface area contributed by atoms with Crippen LogP contribution in [0.4, 0.5) is 9.59 Å². The zero-order valence-corrected chi connectivity index (χ0v) is 17.3. The molecule has 0 unspecified atom stereocenters. The zero-order valence-electron chi connectivity index (χ0n) is 16.5. The highest BCUT2D eigenvalue weighted by molar-refractivity contribution is 8.18. The Hall–Kier alpha value is -3.33. The van der Waals surface area contributed by atoms with E-state index in [0.29, 0.717) is 18.1 Å². The number of carbonyl (C=O) groups excluding carboxylic acids is 3. The Kier molecular flexibility index (Phi) is 7.45. The van der Waals surface area contributed by atoms with Crippen molar-refractivity contribution in [1.29, 1.82) is 0 Å². The van der Waals surface area contributed by atoms with Crippen molar-refractivity contribution in [3.05, 3.63) is 64.8 Å². The normalized spacial score (nSPS) is 14.8. The molecule has 1 saturated heterocycles. The molecule has 30 heavy (non-hydrogen) atoms. The van der Waals surface area contributed by atoms with Gasteiger partial charge in [-0.25, -0.2) is 4.79 Å². The molecule has 0 bridgehead atoms. The number of nitrogens with one attached hydrogen (secondary N) is 2. The fraction of sp³-hybridized carbons (Fsp3) is 0.238. The van der Waals surface area contributed by atoms with E-state index < -0.39 is 0 Å². The minimum absolute atomic E-state index is 0.0995. The van der Waals surface area contributed by atoms with E-state index in [0.717, 1.165) is 33.5 Å². The molecule has 1 aromatic carbocycles. The van der Waals surface area contributed by atoms with Crippen LogP contribution in [-0.2, 0) is 4.79 Å². The van der Waals surface area contributed by atoms with Crippen molar-refractivity contribution in [2.45, 2.75) is 6.92 Å². The lowest BCUT2D eigenvalue weighted by Gasteiger charge is -2.13. The summed E-state index contributed by atoms with van der Waals surface area (Å²) in [5.41, 5.74) is 1.89. The summed E-state index contributed by atoms with van der Waals surface area (Å²) in [4.78, 5) is 41.8. The van der Waals surface area contributed by atoms with Crippen LogP contribution in [0.3, 0.4) is 0 Å². The molecule has 1 aromatic heterocycles. The highest BCUT2D eigenvalue weighted by atomic mass is 32.2. The van der Waals surface area contributed by atoms with Crippen molar-refractivity contribution in [1.82, 2.24) is 20.5 Å². The van der Waals surface area contributed by atoms with Gasteiger partial charge in [-0.3, -0.25) is 19.5 Å². The van der Waals surface area contributed by atoms with E-state index in [-0.39, 0.29) is 30.3 Å². The Morgan fingerprint density at radius 3 is 2.67 bits per heavy atom. The van der Waals surface area contributed by atoms with Crippen LogP contribution in [0.1, 0.15) is 11.1 Å². The van der Waals surface area contributed by atoms with Gasteiger partial charge in [0.2, 0.25) is 0 Å². The average molecular weight is 426 g/mol. The maximum Gasteiger partial charge on any atom is 0.314 e. The molecule has 1 fully saturated rings. The number of hydrogen-bond acceptors (Lipinski definition) is 6. The van der Waals surface area contributed by atoms with Crippen molar-refractivity contribution >= 4 is 35.0 Å². The van der Waals surface area contributed by atoms with Gasteiger partial charge in [0.15, 0.2) is 0 Å². The second kappa shape index (κ2) is 10.4. The molecule has 156 valence electrons. The molecule has 1 aliphatic heterocycles. The second-order valence-electron chi connectivity index (χ2n) is 6.46. The van der Waals surface area contributed by atoms with E-state index in [1.165, 1.54) is 0 Å². The highest BCUT2D eigenvalue weighted by Gasteiger charge is 2.34. The van der Waals surface area contributed by atoms with Gasteiger partial charge < -0.3 is 15.4 Å². The number of carbonyl (C=O) groups is 3. The molecule has 8 nitrogen and oxygen atoms in total. The number of rotatable bonds is 8. The summed E-state index contributed by atoms with van der Waals surface area (Å²) in [6, 6.07) is 10.8. The zero-order chi connectivity index (χ0) is 21.3. The van der Waals surface area contributed by atoms with Crippen LogP contribution < -0.4 is 15.4 Å². The number of nitrogens with zero attached hydrogens (tertiary/aromatic N) is 2. The van der Waals surface area contributed by atoms with Crippen molar-refractivity contribution in [3.63, 3.8) is 0 Å². The molecule has 2 N–H and O–H groups in total. The third-order valence-corrected chi connectivity index (χ3v) is 5.06. The van der Waals surface area contributed by atoms with Crippen LogP contribution in [0.15, 0.2) is 53.7 Å². The third-order valence-electron chi connectivity index (χ3n) is 4.15. The van der Waals surface area contributed by atoms with Gasteiger partial charge in [0.25, 0.3) is 11.1 Å². The summed E-state index contributed by atoms with van der Waals surface area (Å²) in [7, 11) is 0. The monoisotopic (exact) mass is 426 g/mol. The van der Waals surface area contributed by atoms with Crippen LogP contribution in [-0.4, -0.2) is 53.3 Å². The van der Waals surface area contributed by atoms with Gasteiger partial charge in [0.1, 0.15) is 12.4 Å². The summed E-state index contributed by atoms with van der Waals surface area (Å²) in [5, 5.41) is 4.94. The highest BCUT2D eigenvalue weighted by Crippen LogP contribution is 2.31. The molecule has 0 atom stereocenters.